The molecule has 0 aliphatic rings. The van der Waals surface area contributed by atoms with Crippen LogP contribution < -0.4 is 15.4 Å². The third-order valence-electron chi connectivity index (χ3n) is 4.22. The van der Waals surface area contributed by atoms with Crippen LogP contribution in [-0.4, -0.2) is 20.2 Å². The van der Waals surface area contributed by atoms with Crippen LogP contribution in [0.1, 0.15) is 22.8 Å². The van der Waals surface area contributed by atoms with Crippen molar-refractivity contribution < 1.29 is 18.0 Å². The number of hydrogen-bond donors (Lipinski definition) is 3. The van der Waals surface area contributed by atoms with Crippen molar-refractivity contribution >= 4 is 44.8 Å². The maximum Gasteiger partial charge on any atom is 0.261 e. The Morgan fingerprint density at radius 2 is 1.58 bits per heavy atom. The highest BCUT2D eigenvalue weighted by atomic mass is 35.5. The molecule has 0 aliphatic heterocycles. The normalized spacial score (nSPS) is 10.9. The summed E-state index contributed by atoms with van der Waals surface area (Å²) in [5.74, 6) is -0.527. The Kier molecular flexibility index (Phi) is 6.94. The lowest BCUT2D eigenvalue weighted by molar-refractivity contribution is -0.114. The number of carbonyl (C=O) groups excluding carboxylic acids is 2. The Labute approximate surface area is 185 Å². The van der Waals surface area contributed by atoms with E-state index in [9.17, 15) is 18.0 Å². The van der Waals surface area contributed by atoms with Gasteiger partial charge >= 0.3 is 0 Å². The van der Waals surface area contributed by atoms with Gasteiger partial charge in [-0.15, -0.1) is 0 Å². The second-order valence-electron chi connectivity index (χ2n) is 6.70. The van der Waals surface area contributed by atoms with E-state index in [1.807, 2.05) is 6.07 Å². The van der Waals surface area contributed by atoms with Crippen molar-refractivity contribution in [1.29, 1.82) is 0 Å². The average molecular weight is 458 g/mol. The van der Waals surface area contributed by atoms with Gasteiger partial charge < -0.3 is 10.6 Å². The smallest absolute Gasteiger partial charge is 0.261 e. The van der Waals surface area contributed by atoms with Gasteiger partial charge in [-0.1, -0.05) is 23.7 Å². The molecule has 3 aromatic rings. The van der Waals surface area contributed by atoms with Crippen molar-refractivity contribution in [3.8, 4) is 0 Å². The van der Waals surface area contributed by atoms with Gasteiger partial charge in [0.2, 0.25) is 5.91 Å². The third-order valence-corrected chi connectivity index (χ3v) is 5.87. The van der Waals surface area contributed by atoms with Gasteiger partial charge in [0, 0.05) is 35.4 Å². The topological polar surface area (TPSA) is 104 Å². The molecule has 0 bridgehead atoms. The Balaban J connectivity index is 1.63. The van der Waals surface area contributed by atoms with Crippen LogP contribution in [0, 0.1) is 0 Å². The zero-order valence-corrected chi connectivity index (χ0v) is 18.1. The molecule has 3 N–H and O–H groups in total. The first-order valence-electron chi connectivity index (χ1n) is 9.26. The fourth-order valence-corrected chi connectivity index (χ4v) is 3.95. The minimum Gasteiger partial charge on any atom is -0.348 e. The molecule has 0 radical (unpaired) electrons. The van der Waals surface area contributed by atoms with Gasteiger partial charge in [0.15, 0.2) is 0 Å². The summed E-state index contributed by atoms with van der Waals surface area (Å²) in [5.41, 5.74) is 2.16. The van der Waals surface area contributed by atoms with Crippen LogP contribution >= 0.6 is 11.6 Å². The molecular weight excluding hydrogens is 438 g/mol. The molecule has 0 unspecified atom stereocenters. The highest BCUT2D eigenvalue weighted by Gasteiger charge is 2.15. The molecule has 7 nitrogen and oxygen atoms in total. The summed E-state index contributed by atoms with van der Waals surface area (Å²) in [6.45, 7) is 1.67. The van der Waals surface area contributed by atoms with Crippen LogP contribution in [-0.2, 0) is 21.4 Å². The van der Waals surface area contributed by atoms with Crippen LogP contribution in [0.2, 0.25) is 5.02 Å². The van der Waals surface area contributed by atoms with E-state index in [4.69, 9.17) is 11.6 Å². The highest BCUT2D eigenvalue weighted by molar-refractivity contribution is 7.92. The lowest BCUT2D eigenvalue weighted by atomic mass is 10.1. The first-order valence-corrected chi connectivity index (χ1v) is 11.1. The first-order chi connectivity index (χ1) is 14.7. The van der Waals surface area contributed by atoms with Crippen molar-refractivity contribution in [2.75, 3.05) is 10.0 Å². The highest BCUT2D eigenvalue weighted by Crippen LogP contribution is 2.19. The molecule has 31 heavy (non-hydrogen) atoms. The fourth-order valence-electron chi connectivity index (χ4n) is 2.76. The molecule has 0 fully saturated rings. The largest absolute Gasteiger partial charge is 0.348 e. The molecule has 0 saturated heterocycles. The molecule has 9 heteroatoms. The van der Waals surface area contributed by atoms with E-state index in [1.165, 1.54) is 31.2 Å². The monoisotopic (exact) mass is 457 g/mol. The molecule has 160 valence electrons. The number of nitrogens with one attached hydrogen (secondary N) is 3. The van der Waals surface area contributed by atoms with Crippen molar-refractivity contribution in [1.82, 2.24) is 5.32 Å². The lowest BCUT2D eigenvalue weighted by Gasteiger charge is -2.10. The number of halogens is 1. The van der Waals surface area contributed by atoms with Crippen LogP contribution in [0.15, 0.2) is 77.7 Å². The third kappa shape index (κ3) is 6.31. The zero-order chi connectivity index (χ0) is 22.4. The van der Waals surface area contributed by atoms with E-state index >= 15 is 0 Å². The molecule has 0 aromatic heterocycles. The second-order valence-corrected chi connectivity index (χ2v) is 8.82. The molecule has 0 saturated carbocycles. The van der Waals surface area contributed by atoms with Gasteiger partial charge in [-0.25, -0.2) is 8.42 Å². The van der Waals surface area contributed by atoms with Gasteiger partial charge in [0.25, 0.3) is 15.9 Å². The number of carbonyl (C=O) groups is 2. The molecule has 0 heterocycles. The number of rotatable bonds is 7. The number of benzene rings is 3. The Hall–Kier alpha value is -3.36. The Morgan fingerprint density at radius 1 is 0.903 bits per heavy atom. The minimum absolute atomic E-state index is 0.0296. The van der Waals surface area contributed by atoms with E-state index in [0.717, 1.165) is 5.56 Å². The van der Waals surface area contributed by atoms with E-state index in [0.29, 0.717) is 22.0 Å². The van der Waals surface area contributed by atoms with Gasteiger partial charge in [-0.05, 0) is 66.2 Å². The summed E-state index contributed by atoms with van der Waals surface area (Å²) in [4.78, 5) is 23.6. The van der Waals surface area contributed by atoms with Gasteiger partial charge in [-0.2, -0.15) is 0 Å². The number of hydrogen-bond acceptors (Lipinski definition) is 4. The first kappa shape index (κ1) is 22.3. The van der Waals surface area contributed by atoms with E-state index in [1.54, 1.807) is 42.5 Å². The predicted octanol–water partition coefficient (Wildman–Crippen LogP) is 4.03. The Bertz CT molecular complexity index is 1190. The molecule has 3 rings (SSSR count). The summed E-state index contributed by atoms with van der Waals surface area (Å²) in [6, 6.07) is 19.0. The van der Waals surface area contributed by atoms with Crippen LogP contribution in [0.4, 0.5) is 11.4 Å². The summed E-state index contributed by atoms with van der Waals surface area (Å²) in [6.07, 6.45) is 0. The maximum atomic E-state index is 12.5. The van der Waals surface area contributed by atoms with Gasteiger partial charge in [0.05, 0.1) is 4.90 Å². The SMILES string of the molecule is CC(=O)Nc1cccc(CNC(=O)c2ccc(S(=O)(=O)Nc3ccc(Cl)cc3)cc2)c1. The molecule has 3 aromatic carbocycles. The predicted molar refractivity (Wildman–Crippen MR) is 121 cm³/mol. The van der Waals surface area contributed by atoms with E-state index in [-0.39, 0.29) is 23.3 Å². The average Bonchev–Trinajstić information content (AvgIpc) is 2.73. The summed E-state index contributed by atoms with van der Waals surface area (Å²) >= 11 is 5.81. The van der Waals surface area contributed by atoms with Crippen molar-refractivity contribution in [3.63, 3.8) is 0 Å². The molecule has 0 spiro atoms. The zero-order valence-electron chi connectivity index (χ0n) is 16.6. The van der Waals surface area contributed by atoms with Crippen molar-refractivity contribution in [2.24, 2.45) is 0 Å². The quantitative estimate of drug-likeness (QED) is 0.498. The molecule has 2 amide bonds. The van der Waals surface area contributed by atoms with Crippen molar-refractivity contribution in [2.45, 2.75) is 18.4 Å². The lowest BCUT2D eigenvalue weighted by Crippen LogP contribution is -2.23. The van der Waals surface area contributed by atoms with Crippen LogP contribution in [0.3, 0.4) is 0 Å². The fraction of sp³-hybridized carbons (Fsp3) is 0.0909. The molecule has 0 aliphatic carbocycles. The minimum atomic E-state index is -3.80. The van der Waals surface area contributed by atoms with Gasteiger partial charge in [-0.3, -0.25) is 14.3 Å². The Morgan fingerprint density at radius 3 is 2.23 bits per heavy atom. The summed E-state index contributed by atoms with van der Waals surface area (Å²) in [7, 11) is -3.80. The van der Waals surface area contributed by atoms with E-state index in [2.05, 4.69) is 15.4 Å². The number of anilines is 2. The maximum absolute atomic E-state index is 12.5. The number of amides is 2. The summed E-state index contributed by atoms with van der Waals surface area (Å²) < 4.78 is 27.5. The standard InChI is InChI=1S/C22H20ClN3O4S/c1-15(27)25-20-4-2-3-16(13-20)14-24-22(28)17-5-11-21(12-6-17)31(29,30)26-19-9-7-18(23)8-10-19/h2-13,26H,14H2,1H3,(H,24,28)(H,25,27). The molecular formula is C22H20ClN3O4S. The number of sulfonamides is 1. The summed E-state index contributed by atoms with van der Waals surface area (Å²) in [5, 5.41) is 5.95. The van der Waals surface area contributed by atoms with Crippen LogP contribution in [0.5, 0.6) is 0 Å². The van der Waals surface area contributed by atoms with Crippen LogP contribution in [0.25, 0.3) is 0 Å². The van der Waals surface area contributed by atoms with Crippen molar-refractivity contribution in [3.05, 3.63) is 88.9 Å². The second kappa shape index (κ2) is 9.63. The van der Waals surface area contributed by atoms with Gasteiger partial charge in [0.1, 0.15) is 0 Å². The van der Waals surface area contributed by atoms with E-state index < -0.39 is 10.0 Å². The molecule has 0 atom stereocenters.